The van der Waals surface area contributed by atoms with Crippen LogP contribution >= 0.6 is 0 Å². The first kappa shape index (κ1) is 19.3. The fourth-order valence-electron chi connectivity index (χ4n) is 2.60. The van der Waals surface area contributed by atoms with Crippen LogP contribution in [0.2, 0.25) is 0 Å². The number of benzene rings is 2. The zero-order valence-corrected chi connectivity index (χ0v) is 15.3. The van der Waals surface area contributed by atoms with Crippen LogP contribution in [0.1, 0.15) is 24.5 Å². The zero-order chi connectivity index (χ0) is 18.9. The Kier molecular flexibility index (Phi) is 7.02. The lowest BCUT2D eigenvalue weighted by molar-refractivity contribution is -0.121. The van der Waals surface area contributed by atoms with Gasteiger partial charge in [-0.2, -0.15) is 0 Å². The van der Waals surface area contributed by atoms with E-state index in [4.69, 9.17) is 9.47 Å². The number of amides is 2. The Hall–Kier alpha value is -3.02. The van der Waals surface area contributed by atoms with E-state index in [-0.39, 0.29) is 11.8 Å². The number of rotatable bonds is 8. The van der Waals surface area contributed by atoms with Crippen molar-refractivity contribution >= 4 is 17.5 Å². The summed E-state index contributed by atoms with van der Waals surface area (Å²) in [6.07, 6.45) is 0.918. The van der Waals surface area contributed by atoms with Crippen LogP contribution in [0.15, 0.2) is 42.5 Å². The maximum atomic E-state index is 12.1. The Labute approximate surface area is 153 Å². The summed E-state index contributed by atoms with van der Waals surface area (Å²) in [5, 5.41) is 5.60. The molecule has 0 unspecified atom stereocenters. The Morgan fingerprint density at radius 3 is 2.35 bits per heavy atom. The van der Waals surface area contributed by atoms with Crippen molar-refractivity contribution in [2.45, 2.75) is 26.3 Å². The zero-order valence-electron chi connectivity index (χ0n) is 15.3. The number of carbonyl (C=O) groups is 2. The summed E-state index contributed by atoms with van der Waals surface area (Å²) >= 11 is 0. The molecule has 0 radical (unpaired) electrons. The molecule has 0 bridgehead atoms. The monoisotopic (exact) mass is 356 g/mol. The van der Waals surface area contributed by atoms with Crippen LogP contribution < -0.4 is 20.1 Å². The molecule has 0 saturated heterocycles. The number of nitrogens with one attached hydrogen (secondary N) is 2. The lowest BCUT2D eigenvalue weighted by Gasteiger charge is -2.12. The summed E-state index contributed by atoms with van der Waals surface area (Å²) in [6, 6.07) is 13.0. The summed E-state index contributed by atoms with van der Waals surface area (Å²) in [6.45, 7) is 1.90. The second-order valence-corrected chi connectivity index (χ2v) is 5.81. The van der Waals surface area contributed by atoms with Gasteiger partial charge >= 0.3 is 0 Å². The van der Waals surface area contributed by atoms with Gasteiger partial charge in [0.05, 0.1) is 14.2 Å². The normalized spacial score (nSPS) is 10.1. The molecular weight excluding hydrogens is 332 g/mol. The van der Waals surface area contributed by atoms with Crippen LogP contribution in [0.4, 0.5) is 5.69 Å². The van der Waals surface area contributed by atoms with E-state index in [0.29, 0.717) is 30.9 Å². The van der Waals surface area contributed by atoms with Crippen LogP contribution in [-0.4, -0.2) is 26.0 Å². The number of carbonyl (C=O) groups excluding carboxylic acids is 2. The van der Waals surface area contributed by atoms with Gasteiger partial charge in [0.15, 0.2) is 11.5 Å². The van der Waals surface area contributed by atoms with Crippen LogP contribution in [-0.2, 0) is 22.6 Å². The van der Waals surface area contributed by atoms with Gasteiger partial charge in [0.1, 0.15) is 0 Å². The van der Waals surface area contributed by atoms with E-state index in [0.717, 1.165) is 16.8 Å². The van der Waals surface area contributed by atoms with Gasteiger partial charge in [0, 0.05) is 25.6 Å². The molecule has 0 aliphatic rings. The van der Waals surface area contributed by atoms with E-state index in [9.17, 15) is 9.59 Å². The molecule has 2 amide bonds. The largest absolute Gasteiger partial charge is 0.493 e. The fourth-order valence-corrected chi connectivity index (χ4v) is 2.60. The van der Waals surface area contributed by atoms with E-state index in [1.165, 1.54) is 6.92 Å². The molecule has 0 fully saturated rings. The van der Waals surface area contributed by atoms with Crippen molar-refractivity contribution < 1.29 is 19.1 Å². The van der Waals surface area contributed by atoms with Crippen molar-refractivity contribution in [1.29, 1.82) is 0 Å². The third-order valence-electron chi connectivity index (χ3n) is 3.87. The highest BCUT2D eigenvalue weighted by atomic mass is 16.5. The smallest absolute Gasteiger partial charge is 0.221 e. The third-order valence-corrected chi connectivity index (χ3v) is 3.87. The molecule has 6 heteroatoms. The number of hydrogen-bond acceptors (Lipinski definition) is 4. The number of hydrogen-bond donors (Lipinski definition) is 2. The summed E-state index contributed by atoms with van der Waals surface area (Å²) in [5.41, 5.74) is 2.63. The lowest BCUT2D eigenvalue weighted by Crippen LogP contribution is -2.23. The van der Waals surface area contributed by atoms with E-state index in [1.54, 1.807) is 14.2 Å². The standard InChI is InChI=1S/C20H24N2O4/c1-14(23)22-17-10-7-15(8-11-17)13-21-19(24)12-9-16-5-4-6-18(25-2)20(16)26-3/h4-8,10-11H,9,12-13H2,1-3H3,(H,21,24)(H,22,23). The van der Waals surface area contributed by atoms with Crippen molar-refractivity contribution in [2.75, 3.05) is 19.5 Å². The highest BCUT2D eigenvalue weighted by Gasteiger charge is 2.11. The molecule has 0 aromatic heterocycles. The molecule has 2 N–H and O–H groups in total. The quantitative estimate of drug-likeness (QED) is 0.762. The van der Waals surface area contributed by atoms with Gasteiger partial charge in [-0.05, 0) is 35.7 Å². The molecule has 2 aromatic rings. The summed E-state index contributed by atoms with van der Waals surface area (Å²) in [7, 11) is 3.18. The average Bonchev–Trinajstić information content (AvgIpc) is 2.64. The van der Waals surface area contributed by atoms with Crippen molar-refractivity contribution in [1.82, 2.24) is 5.32 Å². The van der Waals surface area contributed by atoms with E-state index < -0.39 is 0 Å². The second-order valence-electron chi connectivity index (χ2n) is 5.81. The van der Waals surface area contributed by atoms with Crippen molar-refractivity contribution in [3.8, 4) is 11.5 Å². The minimum atomic E-state index is -0.112. The van der Waals surface area contributed by atoms with Crippen molar-refractivity contribution in [3.63, 3.8) is 0 Å². The van der Waals surface area contributed by atoms with Crippen LogP contribution in [0, 0.1) is 0 Å². The first-order chi connectivity index (χ1) is 12.5. The minimum absolute atomic E-state index is 0.0409. The predicted octanol–water partition coefficient (Wildman–Crippen LogP) is 2.91. The number of ether oxygens (including phenoxy) is 2. The van der Waals surface area contributed by atoms with Crippen molar-refractivity contribution in [2.24, 2.45) is 0 Å². The summed E-state index contributed by atoms with van der Waals surface area (Å²) < 4.78 is 10.7. The van der Waals surface area contributed by atoms with Gasteiger partial charge in [-0.1, -0.05) is 24.3 Å². The Balaban J connectivity index is 1.85. The van der Waals surface area contributed by atoms with Gasteiger partial charge in [0.25, 0.3) is 0 Å². The van der Waals surface area contributed by atoms with Gasteiger partial charge < -0.3 is 20.1 Å². The molecule has 0 aliphatic carbocycles. The van der Waals surface area contributed by atoms with Gasteiger partial charge in [-0.25, -0.2) is 0 Å². The molecule has 0 heterocycles. The minimum Gasteiger partial charge on any atom is -0.493 e. The molecule has 26 heavy (non-hydrogen) atoms. The highest BCUT2D eigenvalue weighted by Crippen LogP contribution is 2.31. The summed E-state index contributed by atoms with van der Waals surface area (Å²) in [4.78, 5) is 23.1. The fraction of sp³-hybridized carbons (Fsp3) is 0.300. The van der Waals surface area contributed by atoms with E-state index in [2.05, 4.69) is 10.6 Å². The molecule has 0 saturated carbocycles. The van der Waals surface area contributed by atoms with Gasteiger partial charge in [-0.15, -0.1) is 0 Å². The number of aryl methyl sites for hydroxylation is 1. The molecular formula is C20H24N2O4. The molecule has 2 aromatic carbocycles. The number of anilines is 1. The number of para-hydroxylation sites is 1. The Bertz CT molecular complexity index is 757. The Morgan fingerprint density at radius 2 is 1.73 bits per heavy atom. The summed E-state index contributed by atoms with van der Waals surface area (Å²) in [5.74, 6) is 1.17. The Morgan fingerprint density at radius 1 is 1.00 bits per heavy atom. The maximum Gasteiger partial charge on any atom is 0.221 e. The maximum absolute atomic E-state index is 12.1. The first-order valence-corrected chi connectivity index (χ1v) is 8.36. The van der Waals surface area contributed by atoms with Crippen molar-refractivity contribution in [3.05, 3.63) is 53.6 Å². The molecule has 0 aliphatic heterocycles. The van der Waals surface area contributed by atoms with Crippen LogP contribution in [0.25, 0.3) is 0 Å². The van der Waals surface area contributed by atoms with E-state index >= 15 is 0 Å². The second kappa shape index (κ2) is 9.46. The van der Waals surface area contributed by atoms with Gasteiger partial charge in [0.2, 0.25) is 11.8 Å². The van der Waals surface area contributed by atoms with Crippen LogP contribution in [0.3, 0.4) is 0 Å². The molecule has 6 nitrogen and oxygen atoms in total. The average molecular weight is 356 g/mol. The molecule has 0 atom stereocenters. The number of methoxy groups -OCH3 is 2. The van der Waals surface area contributed by atoms with Crippen LogP contribution in [0.5, 0.6) is 11.5 Å². The topological polar surface area (TPSA) is 76.7 Å². The highest BCUT2D eigenvalue weighted by molar-refractivity contribution is 5.88. The van der Waals surface area contributed by atoms with E-state index in [1.807, 2.05) is 42.5 Å². The third kappa shape index (κ3) is 5.51. The van der Waals surface area contributed by atoms with Gasteiger partial charge in [-0.3, -0.25) is 9.59 Å². The molecule has 138 valence electrons. The molecule has 2 rings (SSSR count). The lowest BCUT2D eigenvalue weighted by atomic mass is 10.1. The molecule has 0 spiro atoms. The predicted molar refractivity (Wildman–Crippen MR) is 100 cm³/mol. The first-order valence-electron chi connectivity index (χ1n) is 8.36. The SMILES string of the molecule is COc1cccc(CCC(=O)NCc2ccc(NC(C)=O)cc2)c1OC.